The lowest BCUT2D eigenvalue weighted by Gasteiger charge is -2.14. The number of rotatable bonds is 7. The van der Waals surface area contributed by atoms with Crippen molar-refractivity contribution in [1.82, 2.24) is 15.5 Å². The molecule has 0 aromatic heterocycles. The van der Waals surface area contributed by atoms with E-state index < -0.39 is 0 Å². The zero-order valence-corrected chi connectivity index (χ0v) is 16.7. The fraction of sp³-hybridized carbons (Fsp3) is 0.167. The van der Waals surface area contributed by atoms with E-state index in [-0.39, 0.29) is 17.5 Å². The number of benzene rings is 3. The standard InChI is InChI=1S/C24H25N3O2/c1-27(2)16-15-25-24(29)22(26-23(28)19-10-4-3-5-11-19)17-20-13-8-12-18-9-6-7-14-21(18)20/h3-14,17H,15-16H2,1-2H3,(H,25,29)(H,26,28)/b22-17-. The van der Waals surface area contributed by atoms with Gasteiger partial charge >= 0.3 is 0 Å². The van der Waals surface area contributed by atoms with E-state index in [0.29, 0.717) is 18.7 Å². The summed E-state index contributed by atoms with van der Waals surface area (Å²) in [5.41, 5.74) is 1.58. The highest BCUT2D eigenvalue weighted by Gasteiger charge is 2.15. The van der Waals surface area contributed by atoms with Crippen LogP contribution in [0.3, 0.4) is 0 Å². The van der Waals surface area contributed by atoms with E-state index in [2.05, 4.69) is 10.6 Å². The fourth-order valence-corrected chi connectivity index (χ4v) is 2.96. The molecule has 3 aromatic carbocycles. The molecule has 148 valence electrons. The molecule has 0 saturated carbocycles. The minimum atomic E-state index is -0.320. The van der Waals surface area contributed by atoms with Crippen LogP contribution in [0.25, 0.3) is 16.8 Å². The topological polar surface area (TPSA) is 61.4 Å². The molecule has 0 aliphatic rings. The van der Waals surface area contributed by atoms with Gasteiger partial charge in [0.25, 0.3) is 11.8 Å². The van der Waals surface area contributed by atoms with Crippen LogP contribution in [0.15, 0.2) is 78.5 Å². The number of fused-ring (bicyclic) bond motifs is 1. The Hall–Kier alpha value is -3.44. The molecule has 0 atom stereocenters. The molecule has 5 heteroatoms. The van der Waals surface area contributed by atoms with Gasteiger partial charge in [-0.3, -0.25) is 9.59 Å². The zero-order chi connectivity index (χ0) is 20.6. The summed E-state index contributed by atoms with van der Waals surface area (Å²) < 4.78 is 0. The van der Waals surface area contributed by atoms with Crippen molar-refractivity contribution in [2.24, 2.45) is 0 Å². The molecule has 0 spiro atoms. The quantitative estimate of drug-likeness (QED) is 0.612. The first kappa shape index (κ1) is 20.3. The van der Waals surface area contributed by atoms with Crippen LogP contribution < -0.4 is 10.6 Å². The highest BCUT2D eigenvalue weighted by Crippen LogP contribution is 2.20. The monoisotopic (exact) mass is 387 g/mol. The number of nitrogens with one attached hydrogen (secondary N) is 2. The van der Waals surface area contributed by atoms with E-state index in [1.54, 1.807) is 30.3 Å². The summed E-state index contributed by atoms with van der Waals surface area (Å²) in [5, 5.41) is 7.75. The van der Waals surface area contributed by atoms with Crippen LogP contribution >= 0.6 is 0 Å². The van der Waals surface area contributed by atoms with Crippen LogP contribution in [0.2, 0.25) is 0 Å². The molecule has 0 aliphatic heterocycles. The van der Waals surface area contributed by atoms with Crippen molar-refractivity contribution in [3.05, 3.63) is 89.6 Å². The molecular formula is C24H25N3O2. The third-order valence-corrected chi connectivity index (χ3v) is 4.50. The second-order valence-electron chi connectivity index (χ2n) is 7.01. The Morgan fingerprint density at radius 2 is 1.59 bits per heavy atom. The van der Waals surface area contributed by atoms with Crippen LogP contribution in [0, 0.1) is 0 Å². The van der Waals surface area contributed by atoms with Crippen LogP contribution in [0.4, 0.5) is 0 Å². The normalized spacial score (nSPS) is 11.5. The van der Waals surface area contributed by atoms with Gasteiger partial charge in [0, 0.05) is 18.7 Å². The number of hydrogen-bond acceptors (Lipinski definition) is 3. The molecule has 0 unspecified atom stereocenters. The van der Waals surface area contributed by atoms with Crippen molar-refractivity contribution in [2.75, 3.05) is 27.2 Å². The number of carbonyl (C=O) groups is 2. The lowest BCUT2D eigenvalue weighted by atomic mass is 10.0. The Bertz CT molecular complexity index is 1020. The molecule has 0 bridgehead atoms. The third-order valence-electron chi connectivity index (χ3n) is 4.50. The number of hydrogen-bond donors (Lipinski definition) is 2. The average Bonchev–Trinajstić information content (AvgIpc) is 2.73. The van der Waals surface area contributed by atoms with Crippen LogP contribution in [0.1, 0.15) is 15.9 Å². The summed E-state index contributed by atoms with van der Waals surface area (Å²) in [6, 6.07) is 22.7. The summed E-state index contributed by atoms with van der Waals surface area (Å²) >= 11 is 0. The van der Waals surface area contributed by atoms with Crippen LogP contribution in [0.5, 0.6) is 0 Å². The van der Waals surface area contributed by atoms with E-state index in [1.165, 1.54) is 0 Å². The maximum absolute atomic E-state index is 12.8. The van der Waals surface area contributed by atoms with E-state index in [0.717, 1.165) is 16.3 Å². The van der Waals surface area contributed by atoms with E-state index in [9.17, 15) is 9.59 Å². The van der Waals surface area contributed by atoms with Crippen molar-refractivity contribution >= 4 is 28.7 Å². The van der Waals surface area contributed by atoms with Crippen LogP contribution in [-0.2, 0) is 4.79 Å². The number of nitrogens with zero attached hydrogens (tertiary/aromatic N) is 1. The predicted octanol–water partition coefficient (Wildman–Crippen LogP) is 3.29. The molecule has 0 heterocycles. The first-order valence-corrected chi connectivity index (χ1v) is 9.53. The van der Waals surface area contributed by atoms with Crippen LogP contribution in [-0.4, -0.2) is 43.9 Å². The van der Waals surface area contributed by atoms with Gasteiger partial charge in [0.2, 0.25) is 0 Å². The molecule has 0 radical (unpaired) electrons. The maximum atomic E-state index is 12.8. The molecule has 2 amide bonds. The lowest BCUT2D eigenvalue weighted by Crippen LogP contribution is -2.37. The maximum Gasteiger partial charge on any atom is 0.267 e. The van der Waals surface area contributed by atoms with Gasteiger partial charge in [-0.2, -0.15) is 0 Å². The number of amides is 2. The van der Waals surface area contributed by atoms with E-state index >= 15 is 0 Å². The minimum Gasteiger partial charge on any atom is -0.349 e. The van der Waals surface area contributed by atoms with Gasteiger partial charge in [0.1, 0.15) is 5.70 Å². The highest BCUT2D eigenvalue weighted by atomic mass is 16.2. The van der Waals surface area contributed by atoms with E-state index in [4.69, 9.17) is 0 Å². The number of likely N-dealkylation sites (N-methyl/N-ethyl adjacent to an activating group) is 1. The highest BCUT2D eigenvalue weighted by molar-refractivity contribution is 6.06. The van der Waals surface area contributed by atoms with Gasteiger partial charge in [0.15, 0.2) is 0 Å². The second kappa shape index (κ2) is 9.66. The Labute approximate surface area is 171 Å². The third kappa shape index (κ3) is 5.53. The second-order valence-corrected chi connectivity index (χ2v) is 7.01. The van der Waals surface area contributed by atoms with Crippen molar-refractivity contribution < 1.29 is 9.59 Å². The summed E-state index contributed by atoms with van der Waals surface area (Å²) in [4.78, 5) is 27.5. The summed E-state index contributed by atoms with van der Waals surface area (Å²) in [6.07, 6.45) is 1.73. The Morgan fingerprint density at radius 1 is 0.897 bits per heavy atom. The van der Waals surface area contributed by atoms with Crippen molar-refractivity contribution in [3.8, 4) is 0 Å². The van der Waals surface area contributed by atoms with Gasteiger partial charge in [-0.15, -0.1) is 0 Å². The first-order valence-electron chi connectivity index (χ1n) is 9.53. The predicted molar refractivity (Wildman–Crippen MR) is 117 cm³/mol. The average molecular weight is 387 g/mol. The summed E-state index contributed by atoms with van der Waals surface area (Å²) in [6.45, 7) is 1.19. The molecule has 0 aliphatic carbocycles. The minimum absolute atomic E-state index is 0.217. The molecule has 3 rings (SSSR count). The van der Waals surface area contributed by atoms with Gasteiger partial charge in [0.05, 0.1) is 0 Å². The molecular weight excluding hydrogens is 362 g/mol. The lowest BCUT2D eigenvalue weighted by molar-refractivity contribution is -0.117. The summed E-state index contributed by atoms with van der Waals surface area (Å²) in [7, 11) is 3.88. The van der Waals surface area contributed by atoms with Gasteiger partial charge in [-0.1, -0.05) is 60.7 Å². The molecule has 2 N–H and O–H groups in total. The fourth-order valence-electron chi connectivity index (χ4n) is 2.96. The van der Waals surface area contributed by atoms with Gasteiger partial charge in [-0.25, -0.2) is 0 Å². The zero-order valence-electron chi connectivity index (χ0n) is 16.7. The Balaban J connectivity index is 1.92. The first-order chi connectivity index (χ1) is 14.0. The van der Waals surface area contributed by atoms with Gasteiger partial charge in [-0.05, 0) is 48.6 Å². The SMILES string of the molecule is CN(C)CCNC(=O)/C(=C/c1cccc2ccccc12)NC(=O)c1ccccc1. The Kier molecular flexibility index (Phi) is 6.76. The molecule has 3 aromatic rings. The molecule has 0 fully saturated rings. The van der Waals surface area contributed by atoms with E-state index in [1.807, 2.05) is 67.5 Å². The number of carbonyl (C=O) groups excluding carboxylic acids is 2. The van der Waals surface area contributed by atoms with Crippen molar-refractivity contribution in [3.63, 3.8) is 0 Å². The Morgan fingerprint density at radius 3 is 2.34 bits per heavy atom. The smallest absolute Gasteiger partial charge is 0.267 e. The van der Waals surface area contributed by atoms with Crippen molar-refractivity contribution in [2.45, 2.75) is 0 Å². The molecule has 5 nitrogen and oxygen atoms in total. The largest absolute Gasteiger partial charge is 0.349 e. The summed E-state index contributed by atoms with van der Waals surface area (Å²) in [5.74, 6) is -0.635. The van der Waals surface area contributed by atoms with Crippen molar-refractivity contribution in [1.29, 1.82) is 0 Å². The van der Waals surface area contributed by atoms with Gasteiger partial charge < -0.3 is 15.5 Å². The molecule has 0 saturated heterocycles. The molecule has 29 heavy (non-hydrogen) atoms.